The number of hydrogen-bond acceptors (Lipinski definition) is 5. The van der Waals surface area contributed by atoms with Crippen LogP contribution in [0.1, 0.15) is 23.1 Å². The third-order valence-electron chi connectivity index (χ3n) is 4.24. The van der Waals surface area contributed by atoms with Crippen LogP contribution in [0, 0.1) is 13.8 Å². The summed E-state index contributed by atoms with van der Waals surface area (Å²) >= 11 is 0. The van der Waals surface area contributed by atoms with E-state index >= 15 is 0 Å². The van der Waals surface area contributed by atoms with Gasteiger partial charge in [-0.1, -0.05) is 30.3 Å². The third-order valence-corrected chi connectivity index (χ3v) is 4.24. The molecule has 0 heterocycles. The number of ether oxygens (including phenoxy) is 2. The number of methoxy groups -OCH3 is 1. The van der Waals surface area contributed by atoms with Crippen LogP contribution in [0.4, 0.5) is 5.69 Å². The van der Waals surface area contributed by atoms with Crippen molar-refractivity contribution in [3.63, 3.8) is 0 Å². The lowest BCUT2D eigenvalue weighted by Crippen LogP contribution is -2.31. The van der Waals surface area contributed by atoms with Gasteiger partial charge in [-0.25, -0.2) is 0 Å². The molecule has 0 unspecified atom stereocenters. The van der Waals surface area contributed by atoms with Gasteiger partial charge >= 0.3 is 5.97 Å². The van der Waals surface area contributed by atoms with Crippen molar-refractivity contribution < 1.29 is 23.9 Å². The van der Waals surface area contributed by atoms with Crippen molar-refractivity contribution in [3.05, 3.63) is 59.2 Å². The molecule has 0 atom stereocenters. The van der Waals surface area contributed by atoms with Crippen molar-refractivity contribution in [2.24, 2.45) is 0 Å². The Labute approximate surface area is 170 Å². The second kappa shape index (κ2) is 10.8. The summed E-state index contributed by atoms with van der Waals surface area (Å²) in [7, 11) is 1.26. The maximum absolute atomic E-state index is 12.1. The average molecular weight is 398 g/mol. The Morgan fingerprint density at radius 2 is 1.59 bits per heavy atom. The van der Waals surface area contributed by atoms with E-state index in [9.17, 15) is 14.4 Å². The number of carbonyl (C=O) groups is 3. The van der Waals surface area contributed by atoms with Crippen LogP contribution in [0.2, 0.25) is 0 Å². The quantitative estimate of drug-likeness (QED) is 0.633. The molecule has 0 aliphatic rings. The molecule has 0 aromatic heterocycles. The summed E-state index contributed by atoms with van der Waals surface area (Å²) < 4.78 is 10.2. The molecule has 154 valence electrons. The van der Waals surface area contributed by atoms with Gasteiger partial charge in [0.2, 0.25) is 11.8 Å². The van der Waals surface area contributed by atoms with Gasteiger partial charge in [0.05, 0.1) is 26.6 Å². The monoisotopic (exact) mass is 398 g/mol. The summed E-state index contributed by atoms with van der Waals surface area (Å²) in [4.78, 5) is 34.9. The van der Waals surface area contributed by atoms with Crippen LogP contribution in [-0.4, -0.2) is 38.0 Å². The molecule has 0 saturated heterocycles. The molecule has 2 rings (SSSR count). The van der Waals surface area contributed by atoms with E-state index in [1.165, 1.54) is 7.11 Å². The predicted molar refractivity (Wildman–Crippen MR) is 110 cm³/mol. The van der Waals surface area contributed by atoms with Gasteiger partial charge < -0.3 is 20.1 Å². The highest BCUT2D eigenvalue weighted by Crippen LogP contribution is 2.22. The zero-order valence-electron chi connectivity index (χ0n) is 16.9. The highest BCUT2D eigenvalue weighted by atomic mass is 16.5. The standard InChI is InChI=1S/C22H26N2O5/c1-15-5-4-6-16(2)22(15)29-12-11-19(25)24-18-9-7-17(8-10-18)13-20(26)23-14-21(27)28-3/h4-10H,11-14H2,1-3H3,(H,23,26)(H,24,25). The van der Waals surface area contributed by atoms with E-state index in [1.54, 1.807) is 24.3 Å². The molecule has 0 saturated carbocycles. The first kappa shape index (κ1) is 21.9. The van der Waals surface area contributed by atoms with Gasteiger partial charge in [-0.3, -0.25) is 14.4 Å². The fourth-order valence-electron chi connectivity index (χ4n) is 2.69. The van der Waals surface area contributed by atoms with Crippen LogP contribution in [0.3, 0.4) is 0 Å². The fraction of sp³-hybridized carbons (Fsp3) is 0.318. The van der Waals surface area contributed by atoms with Crippen LogP contribution in [0.25, 0.3) is 0 Å². The number of aryl methyl sites for hydroxylation is 2. The van der Waals surface area contributed by atoms with Gasteiger partial charge in [-0.05, 0) is 42.7 Å². The summed E-state index contributed by atoms with van der Waals surface area (Å²) in [6.07, 6.45) is 0.361. The van der Waals surface area contributed by atoms with E-state index in [1.807, 2.05) is 32.0 Å². The van der Waals surface area contributed by atoms with E-state index in [2.05, 4.69) is 15.4 Å². The SMILES string of the molecule is COC(=O)CNC(=O)Cc1ccc(NC(=O)CCOc2c(C)cccc2C)cc1. The summed E-state index contributed by atoms with van der Waals surface area (Å²) in [6.45, 7) is 4.07. The number of anilines is 1. The molecule has 2 amide bonds. The largest absolute Gasteiger partial charge is 0.493 e. The van der Waals surface area contributed by atoms with E-state index in [-0.39, 0.29) is 37.8 Å². The van der Waals surface area contributed by atoms with Crippen LogP contribution in [0.5, 0.6) is 5.75 Å². The minimum Gasteiger partial charge on any atom is -0.493 e. The molecule has 0 bridgehead atoms. The van der Waals surface area contributed by atoms with Gasteiger partial charge in [0.1, 0.15) is 12.3 Å². The number of benzene rings is 2. The first-order valence-electron chi connectivity index (χ1n) is 9.30. The molecule has 0 aliphatic carbocycles. The van der Waals surface area contributed by atoms with Crippen LogP contribution < -0.4 is 15.4 Å². The topological polar surface area (TPSA) is 93.7 Å². The molecule has 0 spiro atoms. The number of amides is 2. The number of rotatable bonds is 9. The van der Waals surface area contributed by atoms with Crippen molar-refractivity contribution in [3.8, 4) is 5.75 Å². The third kappa shape index (κ3) is 7.29. The number of carbonyl (C=O) groups excluding carboxylic acids is 3. The van der Waals surface area contributed by atoms with Crippen molar-refractivity contribution in [2.75, 3.05) is 25.6 Å². The van der Waals surface area contributed by atoms with Crippen molar-refractivity contribution in [1.82, 2.24) is 5.32 Å². The van der Waals surface area contributed by atoms with Crippen LogP contribution in [0.15, 0.2) is 42.5 Å². The van der Waals surface area contributed by atoms with Crippen LogP contribution >= 0.6 is 0 Å². The van der Waals surface area contributed by atoms with E-state index in [0.29, 0.717) is 5.69 Å². The Balaban J connectivity index is 1.76. The zero-order chi connectivity index (χ0) is 21.2. The average Bonchev–Trinajstić information content (AvgIpc) is 2.70. The maximum Gasteiger partial charge on any atom is 0.325 e. The van der Waals surface area contributed by atoms with E-state index in [0.717, 1.165) is 22.4 Å². The molecular weight excluding hydrogens is 372 g/mol. The minimum absolute atomic E-state index is 0.134. The molecular formula is C22H26N2O5. The molecule has 0 fully saturated rings. The van der Waals surface area contributed by atoms with E-state index < -0.39 is 5.97 Å². The van der Waals surface area contributed by atoms with Crippen LogP contribution in [-0.2, 0) is 25.5 Å². The Hall–Kier alpha value is -3.35. The van der Waals surface area contributed by atoms with Crippen molar-refractivity contribution in [2.45, 2.75) is 26.7 Å². The van der Waals surface area contributed by atoms with Gasteiger partial charge in [0, 0.05) is 5.69 Å². The lowest BCUT2D eigenvalue weighted by atomic mass is 10.1. The number of nitrogens with one attached hydrogen (secondary N) is 2. The summed E-state index contributed by atoms with van der Waals surface area (Å²) in [5, 5.41) is 5.28. The second-order valence-electron chi connectivity index (χ2n) is 6.59. The molecule has 2 aromatic rings. The Kier molecular flexibility index (Phi) is 8.21. The summed E-state index contributed by atoms with van der Waals surface area (Å²) in [5.41, 5.74) is 3.48. The van der Waals surface area contributed by atoms with Gasteiger partial charge in [-0.15, -0.1) is 0 Å². The number of esters is 1. The van der Waals surface area contributed by atoms with Gasteiger partial charge in [0.15, 0.2) is 0 Å². The second-order valence-corrected chi connectivity index (χ2v) is 6.59. The smallest absolute Gasteiger partial charge is 0.325 e. The molecule has 0 aliphatic heterocycles. The van der Waals surface area contributed by atoms with Crippen molar-refractivity contribution in [1.29, 1.82) is 0 Å². The highest BCUT2D eigenvalue weighted by molar-refractivity contribution is 5.91. The summed E-state index contributed by atoms with van der Waals surface area (Å²) in [6, 6.07) is 12.9. The minimum atomic E-state index is -0.502. The Morgan fingerprint density at radius 3 is 2.21 bits per heavy atom. The Morgan fingerprint density at radius 1 is 0.931 bits per heavy atom. The van der Waals surface area contributed by atoms with Crippen molar-refractivity contribution >= 4 is 23.5 Å². The molecule has 29 heavy (non-hydrogen) atoms. The molecule has 0 radical (unpaired) electrons. The lowest BCUT2D eigenvalue weighted by Gasteiger charge is -2.12. The predicted octanol–water partition coefficient (Wildman–Crippen LogP) is 2.54. The number of hydrogen-bond donors (Lipinski definition) is 2. The van der Waals surface area contributed by atoms with E-state index in [4.69, 9.17) is 4.74 Å². The Bertz CT molecular complexity index is 842. The maximum atomic E-state index is 12.1. The first-order valence-corrected chi connectivity index (χ1v) is 9.30. The zero-order valence-corrected chi connectivity index (χ0v) is 16.9. The molecule has 7 nitrogen and oxygen atoms in total. The van der Waals surface area contributed by atoms with Gasteiger partial charge in [0.25, 0.3) is 0 Å². The number of para-hydroxylation sites is 1. The van der Waals surface area contributed by atoms with Gasteiger partial charge in [-0.2, -0.15) is 0 Å². The molecule has 2 aromatic carbocycles. The highest BCUT2D eigenvalue weighted by Gasteiger charge is 2.08. The lowest BCUT2D eigenvalue weighted by molar-refractivity contribution is -0.141. The molecule has 2 N–H and O–H groups in total. The fourth-order valence-corrected chi connectivity index (χ4v) is 2.69. The molecule has 7 heteroatoms. The first-order chi connectivity index (χ1) is 13.9. The summed E-state index contributed by atoms with van der Waals surface area (Å²) in [5.74, 6) is -0.122. The normalized spacial score (nSPS) is 10.2.